The second-order valence-corrected chi connectivity index (χ2v) is 13.0. The first-order valence-corrected chi connectivity index (χ1v) is 14.6. The number of nitrogens with one attached hydrogen (secondary N) is 1. The maximum atomic E-state index is 13.3. The van der Waals surface area contributed by atoms with Gasteiger partial charge in [-0.05, 0) is 74.4 Å². The number of nitrogens with zero attached hydrogens (tertiary/aromatic N) is 1. The van der Waals surface area contributed by atoms with E-state index in [0.29, 0.717) is 15.9 Å². The van der Waals surface area contributed by atoms with Gasteiger partial charge in [-0.1, -0.05) is 0 Å². The first kappa shape index (κ1) is 32.1. The predicted octanol–water partition coefficient (Wildman–Crippen LogP) is 5.52. The first-order valence-electron chi connectivity index (χ1n) is 12.2. The minimum atomic E-state index is -5.17. The molecule has 1 atom stereocenters. The lowest BCUT2D eigenvalue weighted by Crippen LogP contribution is -2.38. The minimum Gasteiger partial charge on any atom is -0.453 e. The van der Waals surface area contributed by atoms with E-state index < -0.39 is 63.0 Å². The number of aromatic amines is 1. The van der Waals surface area contributed by atoms with E-state index >= 15 is 0 Å². The van der Waals surface area contributed by atoms with Gasteiger partial charge >= 0.3 is 18.2 Å². The predicted molar refractivity (Wildman–Crippen MR) is 144 cm³/mol. The monoisotopic (exact) mass is 652 g/mol. The molecule has 43 heavy (non-hydrogen) atoms. The fraction of sp³-hybridized carbons (Fsp3) is 0.308. The molecule has 0 radical (unpaired) electrons. The maximum Gasteiger partial charge on any atom is 0.573 e. The van der Waals surface area contributed by atoms with E-state index in [-0.39, 0.29) is 36.9 Å². The lowest BCUT2D eigenvalue weighted by molar-refractivity contribution is -0.275. The molecule has 0 saturated heterocycles. The van der Waals surface area contributed by atoms with Crippen LogP contribution in [-0.4, -0.2) is 47.0 Å². The molecule has 4 rings (SSSR count). The summed E-state index contributed by atoms with van der Waals surface area (Å²) in [5.41, 5.74) is -1.97. The maximum absolute atomic E-state index is 13.3. The summed E-state index contributed by atoms with van der Waals surface area (Å²) in [6.45, 7) is 3.13. The van der Waals surface area contributed by atoms with Gasteiger partial charge in [-0.25, -0.2) is 13.2 Å². The summed E-state index contributed by atoms with van der Waals surface area (Å²) in [6, 6.07) is 8.31. The molecule has 0 spiro atoms. The molecule has 4 aromatic rings. The van der Waals surface area contributed by atoms with Crippen LogP contribution in [0.2, 0.25) is 0 Å². The summed E-state index contributed by atoms with van der Waals surface area (Å²) in [5.74, 6) is -1.25. The van der Waals surface area contributed by atoms with Gasteiger partial charge in [-0.3, -0.25) is 14.3 Å². The number of aliphatic hydroxyl groups excluding tert-OH is 1. The molecule has 232 valence electrons. The van der Waals surface area contributed by atoms with Gasteiger partial charge in [0.2, 0.25) is 0 Å². The Kier molecular flexibility index (Phi) is 8.47. The summed E-state index contributed by atoms with van der Waals surface area (Å²) in [6.07, 6.45) is -13.2. The van der Waals surface area contributed by atoms with E-state index in [0.717, 1.165) is 12.1 Å². The Morgan fingerprint density at radius 1 is 1.00 bits per heavy atom. The molecule has 0 amide bonds. The number of hydrogen-bond donors (Lipinski definition) is 2. The van der Waals surface area contributed by atoms with Crippen LogP contribution in [0.15, 0.2) is 56.9 Å². The SMILES string of the molecule is Cc1c(-c2ccc(Oc3ccc(S(=O)(=O)C(C)C)cc3)c(OC(F)(F)F)c2)sc2c1c(=O)[nH]c(=O)n2C[C@@H](O)C(F)(F)F. The number of sulfone groups is 1. The largest absolute Gasteiger partial charge is 0.573 e. The van der Waals surface area contributed by atoms with Crippen LogP contribution in [0.25, 0.3) is 20.7 Å². The second-order valence-electron chi connectivity index (χ2n) is 9.54. The van der Waals surface area contributed by atoms with Crippen LogP contribution in [0.4, 0.5) is 26.3 Å². The van der Waals surface area contributed by atoms with E-state index in [9.17, 15) is 49.5 Å². The third-order valence-corrected chi connectivity index (χ3v) is 9.77. The molecule has 2 N–H and O–H groups in total. The van der Waals surface area contributed by atoms with E-state index in [1.54, 1.807) is 0 Å². The quantitative estimate of drug-likeness (QED) is 0.240. The van der Waals surface area contributed by atoms with Crippen molar-refractivity contribution in [1.29, 1.82) is 0 Å². The van der Waals surface area contributed by atoms with Crippen LogP contribution in [0, 0.1) is 6.92 Å². The zero-order valence-corrected chi connectivity index (χ0v) is 24.0. The van der Waals surface area contributed by atoms with E-state index in [4.69, 9.17) is 4.74 Å². The average molecular weight is 653 g/mol. The van der Waals surface area contributed by atoms with Crippen LogP contribution in [0.5, 0.6) is 17.2 Å². The molecule has 0 aliphatic rings. The number of halogens is 6. The molecular formula is C26H22F6N2O7S2. The zero-order valence-electron chi connectivity index (χ0n) is 22.3. The van der Waals surface area contributed by atoms with Gasteiger partial charge in [-0.2, -0.15) is 13.2 Å². The molecule has 2 aromatic heterocycles. The first-order chi connectivity index (χ1) is 19.8. The summed E-state index contributed by atoms with van der Waals surface area (Å²) in [5, 5.41) is 8.62. The van der Waals surface area contributed by atoms with Crippen LogP contribution < -0.4 is 20.7 Å². The van der Waals surface area contributed by atoms with Crippen molar-refractivity contribution in [3.05, 3.63) is 68.9 Å². The van der Waals surface area contributed by atoms with Gasteiger partial charge in [0.05, 0.1) is 22.1 Å². The number of aryl methyl sites for hydroxylation is 1. The average Bonchev–Trinajstić information content (AvgIpc) is 3.23. The van der Waals surface area contributed by atoms with Crippen molar-refractivity contribution < 1.29 is 49.3 Å². The van der Waals surface area contributed by atoms with Crippen LogP contribution in [0.1, 0.15) is 19.4 Å². The lowest BCUT2D eigenvalue weighted by atomic mass is 10.1. The van der Waals surface area contributed by atoms with Crippen molar-refractivity contribution in [2.45, 2.75) is 56.1 Å². The van der Waals surface area contributed by atoms with Crippen LogP contribution >= 0.6 is 11.3 Å². The van der Waals surface area contributed by atoms with Crippen LogP contribution in [0.3, 0.4) is 0 Å². The molecule has 9 nitrogen and oxygen atoms in total. The molecule has 2 heterocycles. The number of alkyl halides is 6. The van der Waals surface area contributed by atoms with Gasteiger partial charge in [-0.15, -0.1) is 24.5 Å². The number of thiophene rings is 1. The second kappa shape index (κ2) is 11.3. The summed E-state index contributed by atoms with van der Waals surface area (Å²) in [4.78, 5) is 26.7. The van der Waals surface area contributed by atoms with Gasteiger partial charge in [0.15, 0.2) is 27.4 Å². The molecule has 0 aliphatic heterocycles. The van der Waals surface area contributed by atoms with E-state index in [1.807, 2.05) is 4.98 Å². The van der Waals surface area contributed by atoms with Crippen molar-refractivity contribution in [1.82, 2.24) is 9.55 Å². The Morgan fingerprint density at radius 3 is 2.19 bits per heavy atom. The molecular weight excluding hydrogens is 630 g/mol. The fourth-order valence-electron chi connectivity index (χ4n) is 4.03. The van der Waals surface area contributed by atoms with Crippen molar-refractivity contribution in [3.63, 3.8) is 0 Å². The molecule has 2 aromatic carbocycles. The number of benzene rings is 2. The van der Waals surface area contributed by atoms with Gasteiger partial charge < -0.3 is 14.6 Å². The highest BCUT2D eigenvalue weighted by atomic mass is 32.2. The number of aromatic nitrogens is 2. The molecule has 17 heteroatoms. The normalized spacial score (nSPS) is 13.5. The standard InChI is InChI=1S/C26H22F6N2O7S2/c1-12(2)43(38,39)16-7-5-15(6-8-16)40-17-9-4-14(10-18(17)41-26(30,31)32)21-13(3)20-22(36)33-24(37)34(23(20)42-21)11-19(35)25(27,28)29/h4-10,12,19,35H,11H2,1-3H3,(H,33,36,37)/t19-/m1/s1. The van der Waals surface area contributed by atoms with Crippen molar-refractivity contribution in [2.75, 3.05) is 0 Å². The number of rotatable bonds is 8. The molecule has 0 saturated carbocycles. The Labute approximate surface area is 242 Å². The van der Waals surface area contributed by atoms with Gasteiger partial charge in [0.25, 0.3) is 5.56 Å². The van der Waals surface area contributed by atoms with Crippen molar-refractivity contribution in [3.8, 4) is 27.7 Å². The Balaban J connectivity index is 1.79. The fourth-order valence-corrected chi connectivity index (χ4v) is 6.40. The number of hydrogen-bond acceptors (Lipinski definition) is 8. The van der Waals surface area contributed by atoms with Crippen molar-refractivity contribution in [2.24, 2.45) is 0 Å². The van der Waals surface area contributed by atoms with E-state index in [2.05, 4.69) is 4.74 Å². The highest BCUT2D eigenvalue weighted by Gasteiger charge is 2.39. The topological polar surface area (TPSA) is 128 Å². The van der Waals surface area contributed by atoms with Gasteiger partial charge in [0.1, 0.15) is 10.6 Å². The van der Waals surface area contributed by atoms with Gasteiger partial charge in [0, 0.05) is 4.88 Å². The lowest BCUT2D eigenvalue weighted by Gasteiger charge is -2.16. The Hall–Kier alpha value is -3.83. The van der Waals surface area contributed by atoms with E-state index in [1.165, 1.54) is 51.1 Å². The summed E-state index contributed by atoms with van der Waals surface area (Å²) < 4.78 is 114. The van der Waals surface area contributed by atoms with Crippen molar-refractivity contribution >= 4 is 31.4 Å². The molecule has 0 unspecified atom stereocenters. The third-order valence-electron chi connectivity index (χ3n) is 6.23. The smallest absolute Gasteiger partial charge is 0.453 e. The summed E-state index contributed by atoms with van der Waals surface area (Å²) >= 11 is 0.657. The number of H-pyrrole nitrogens is 1. The Morgan fingerprint density at radius 2 is 1.63 bits per heavy atom. The van der Waals surface area contributed by atoms with Crippen LogP contribution in [-0.2, 0) is 16.4 Å². The molecule has 0 bridgehead atoms. The Bertz CT molecular complexity index is 1890. The minimum absolute atomic E-state index is 0.0145. The highest BCUT2D eigenvalue weighted by molar-refractivity contribution is 7.92. The third kappa shape index (κ3) is 6.73. The zero-order chi connectivity index (χ0) is 32.1. The summed E-state index contributed by atoms with van der Waals surface area (Å²) in [7, 11) is -3.62. The number of ether oxygens (including phenoxy) is 2. The number of aliphatic hydroxyl groups is 1. The molecule has 0 aliphatic carbocycles. The molecule has 0 fully saturated rings. The highest BCUT2D eigenvalue weighted by Crippen LogP contribution is 2.42. The number of fused-ring (bicyclic) bond motifs is 1.